The number of methoxy groups -OCH3 is 1. The quantitative estimate of drug-likeness (QED) is 0.407. The van der Waals surface area contributed by atoms with E-state index in [0.717, 1.165) is 43.3 Å². The summed E-state index contributed by atoms with van der Waals surface area (Å²) in [5.74, 6) is -1.33. The van der Waals surface area contributed by atoms with Gasteiger partial charge in [-0.05, 0) is 62.5 Å². The lowest BCUT2D eigenvalue weighted by Gasteiger charge is -2.30. The Morgan fingerprint density at radius 1 is 1.12 bits per heavy atom. The van der Waals surface area contributed by atoms with Gasteiger partial charge < -0.3 is 25.4 Å². The second-order valence-electron chi connectivity index (χ2n) is 10.5. The Morgan fingerprint density at radius 3 is 2.48 bits per heavy atom. The number of thioether (sulfide) groups is 1. The normalized spacial score (nSPS) is 20.4. The monoisotopic (exact) mass is 606 g/mol. The number of ether oxygens (including phenoxy) is 1. The maximum atomic E-state index is 13.8. The lowest BCUT2D eigenvalue weighted by atomic mass is 9.97. The van der Waals surface area contributed by atoms with Crippen LogP contribution >= 0.6 is 11.8 Å². The number of rotatable bonds is 8. The van der Waals surface area contributed by atoms with Crippen molar-refractivity contribution in [3.8, 4) is 5.75 Å². The van der Waals surface area contributed by atoms with E-state index in [2.05, 4.69) is 25.5 Å². The third kappa shape index (κ3) is 6.92. The summed E-state index contributed by atoms with van der Waals surface area (Å²) < 4.78 is 46.3. The molecule has 0 radical (unpaired) electrons. The van der Waals surface area contributed by atoms with Crippen molar-refractivity contribution in [2.75, 3.05) is 44.7 Å². The average molecular weight is 607 g/mol. The number of carbonyl (C=O) groups excluding carboxylic acids is 1. The number of hydrogen-bond donors (Lipinski definition) is 3. The number of hydrogen-bond acceptors (Lipinski definition) is 9. The number of amides is 1. The number of likely N-dealkylation sites (tertiary alicyclic amines) is 1. The minimum atomic E-state index is -4.59. The van der Waals surface area contributed by atoms with E-state index in [1.54, 1.807) is 6.07 Å². The van der Waals surface area contributed by atoms with Crippen LogP contribution in [0.3, 0.4) is 0 Å². The first-order valence-corrected chi connectivity index (χ1v) is 14.8. The molecule has 1 aromatic heterocycles. The number of carbonyl (C=O) groups is 2. The van der Waals surface area contributed by atoms with Gasteiger partial charge in [0.05, 0.1) is 36.7 Å². The van der Waals surface area contributed by atoms with Crippen LogP contribution in [0.2, 0.25) is 0 Å². The highest BCUT2D eigenvalue weighted by molar-refractivity contribution is 8.04. The number of carboxylic acids is 1. The highest BCUT2D eigenvalue weighted by atomic mass is 32.2. The second kappa shape index (κ2) is 12.8. The van der Waals surface area contributed by atoms with E-state index in [1.807, 2.05) is 4.90 Å². The summed E-state index contributed by atoms with van der Waals surface area (Å²) in [7, 11) is 1.21. The van der Waals surface area contributed by atoms with Gasteiger partial charge in [0.2, 0.25) is 0 Å². The predicted molar refractivity (Wildman–Crippen MR) is 152 cm³/mol. The molecule has 4 heterocycles. The molecule has 1 atom stereocenters. The molecule has 0 saturated carbocycles. The Kier molecular flexibility index (Phi) is 9.11. The summed E-state index contributed by atoms with van der Waals surface area (Å²) in [6.07, 6.45) is 2.57. The van der Waals surface area contributed by atoms with E-state index in [4.69, 9.17) is 4.74 Å². The average Bonchev–Trinajstić information content (AvgIpc) is 3.38. The van der Waals surface area contributed by atoms with Crippen molar-refractivity contribution < 1.29 is 32.6 Å². The van der Waals surface area contributed by atoms with Crippen LogP contribution in [0, 0.1) is 5.92 Å². The summed E-state index contributed by atoms with van der Waals surface area (Å²) in [5.41, 5.74) is -0.503. The van der Waals surface area contributed by atoms with Gasteiger partial charge >= 0.3 is 12.1 Å². The highest BCUT2D eigenvalue weighted by Gasteiger charge is 2.36. The topological polar surface area (TPSA) is 120 Å². The molecule has 2 saturated heterocycles. The molecule has 1 amide bonds. The predicted octanol–water partition coefficient (Wildman–Crippen LogP) is 4.01. The largest absolute Gasteiger partial charge is 0.496 e. The van der Waals surface area contributed by atoms with Crippen LogP contribution in [0.5, 0.6) is 5.75 Å². The SMILES string of the molecule is COc1ccc(C2=C(CN3CCCCC3)SC(NC(=O)c3cnc(N4CCC(C(=O)O)CC4)cn3)N2)cc1C(F)(F)F. The number of nitrogens with zero attached hydrogens (tertiary/aromatic N) is 4. The maximum Gasteiger partial charge on any atom is 0.419 e. The third-order valence-electron chi connectivity index (χ3n) is 7.73. The molecule has 14 heteroatoms. The van der Waals surface area contributed by atoms with E-state index < -0.39 is 29.1 Å². The second-order valence-corrected chi connectivity index (χ2v) is 11.7. The fraction of sp³-hybridized carbons (Fsp3) is 0.500. The maximum absolute atomic E-state index is 13.8. The Balaban J connectivity index is 1.29. The number of anilines is 1. The molecule has 5 rings (SSSR count). The standard InChI is InChI=1S/C28H33F3N6O4S/c1-41-21-6-5-18(13-19(21)28(29,30)31)24-22(16-36-9-3-2-4-10-36)42-27(34-24)35-25(38)20-14-33-23(15-32-20)37-11-7-17(8-12-37)26(39)40/h5-6,13-15,17,27,34H,2-4,7-12,16H2,1H3,(H,35,38)(H,39,40). The van der Waals surface area contributed by atoms with Crippen LogP contribution in [-0.4, -0.2) is 77.2 Å². The van der Waals surface area contributed by atoms with Crippen molar-refractivity contribution in [1.82, 2.24) is 25.5 Å². The summed E-state index contributed by atoms with van der Waals surface area (Å²) in [6.45, 7) is 3.44. The lowest BCUT2D eigenvalue weighted by molar-refractivity contribution is -0.142. The molecule has 1 aromatic carbocycles. The molecule has 10 nitrogen and oxygen atoms in total. The van der Waals surface area contributed by atoms with Crippen LogP contribution in [0.25, 0.3) is 5.70 Å². The molecular formula is C28H33F3N6O4S. The third-order valence-corrected chi connectivity index (χ3v) is 8.81. The lowest BCUT2D eigenvalue weighted by Crippen LogP contribution is -2.40. The van der Waals surface area contributed by atoms with Crippen LogP contribution in [0.1, 0.15) is 53.7 Å². The number of alkyl halides is 3. The molecule has 3 aliphatic rings. The smallest absolute Gasteiger partial charge is 0.419 e. The zero-order chi connectivity index (χ0) is 29.9. The molecule has 42 heavy (non-hydrogen) atoms. The van der Waals surface area contributed by atoms with Crippen LogP contribution in [-0.2, 0) is 11.0 Å². The minimum absolute atomic E-state index is 0.0939. The van der Waals surface area contributed by atoms with Crippen molar-refractivity contribution >= 4 is 35.2 Å². The summed E-state index contributed by atoms with van der Waals surface area (Å²) in [6, 6.07) is 3.97. The number of aliphatic carboxylic acids is 1. The summed E-state index contributed by atoms with van der Waals surface area (Å²) >= 11 is 1.36. The van der Waals surface area contributed by atoms with Gasteiger partial charge in [-0.3, -0.25) is 14.5 Å². The number of piperidine rings is 2. The van der Waals surface area contributed by atoms with E-state index in [9.17, 15) is 27.9 Å². The first-order chi connectivity index (χ1) is 20.1. The Bertz CT molecular complexity index is 1330. The van der Waals surface area contributed by atoms with Gasteiger partial charge in [0.15, 0.2) is 5.50 Å². The van der Waals surface area contributed by atoms with E-state index in [-0.39, 0.29) is 17.4 Å². The number of aromatic nitrogens is 2. The first-order valence-electron chi connectivity index (χ1n) is 13.9. The molecule has 2 aromatic rings. The number of carboxylic acid groups (broad SMARTS) is 1. The van der Waals surface area contributed by atoms with E-state index in [0.29, 0.717) is 49.6 Å². The molecule has 3 N–H and O–H groups in total. The minimum Gasteiger partial charge on any atom is -0.496 e. The van der Waals surface area contributed by atoms with Crippen molar-refractivity contribution in [2.45, 2.75) is 43.8 Å². The zero-order valence-corrected chi connectivity index (χ0v) is 23.9. The summed E-state index contributed by atoms with van der Waals surface area (Å²) in [5, 5.41) is 15.3. The van der Waals surface area contributed by atoms with Crippen molar-refractivity contribution in [2.24, 2.45) is 5.92 Å². The molecule has 0 spiro atoms. The molecule has 1 unspecified atom stereocenters. The fourth-order valence-electron chi connectivity index (χ4n) is 5.42. The number of benzene rings is 1. The van der Waals surface area contributed by atoms with Crippen molar-refractivity contribution in [1.29, 1.82) is 0 Å². The molecular weight excluding hydrogens is 573 g/mol. The number of halogens is 3. The van der Waals surface area contributed by atoms with Gasteiger partial charge in [-0.25, -0.2) is 9.97 Å². The number of nitrogens with one attached hydrogen (secondary N) is 2. The fourth-order valence-corrected chi connectivity index (χ4v) is 6.60. The van der Waals surface area contributed by atoms with Crippen molar-refractivity contribution in [3.63, 3.8) is 0 Å². The van der Waals surface area contributed by atoms with Crippen LogP contribution < -0.4 is 20.3 Å². The van der Waals surface area contributed by atoms with Crippen LogP contribution in [0.15, 0.2) is 35.5 Å². The van der Waals surface area contributed by atoms with Gasteiger partial charge in [-0.1, -0.05) is 18.2 Å². The van der Waals surface area contributed by atoms with E-state index in [1.165, 1.54) is 37.3 Å². The van der Waals surface area contributed by atoms with Gasteiger partial charge in [-0.15, -0.1) is 0 Å². The molecule has 226 valence electrons. The van der Waals surface area contributed by atoms with Gasteiger partial charge in [0.25, 0.3) is 5.91 Å². The van der Waals surface area contributed by atoms with Crippen molar-refractivity contribution in [3.05, 3.63) is 52.3 Å². The molecule has 0 bridgehead atoms. The Morgan fingerprint density at radius 2 is 1.86 bits per heavy atom. The highest BCUT2D eigenvalue weighted by Crippen LogP contribution is 2.41. The van der Waals surface area contributed by atoms with Gasteiger partial charge in [0, 0.05) is 24.5 Å². The Hall–Kier alpha value is -3.52. The van der Waals surface area contributed by atoms with E-state index >= 15 is 0 Å². The zero-order valence-electron chi connectivity index (χ0n) is 23.1. The van der Waals surface area contributed by atoms with Crippen LogP contribution in [0.4, 0.5) is 19.0 Å². The summed E-state index contributed by atoms with van der Waals surface area (Å²) in [4.78, 5) is 38.0. The Labute approximate surface area is 245 Å². The molecule has 0 aliphatic carbocycles. The molecule has 3 aliphatic heterocycles. The van der Waals surface area contributed by atoms with Gasteiger partial charge in [-0.2, -0.15) is 13.2 Å². The first kappa shape index (κ1) is 30.0. The molecule has 2 fully saturated rings. The van der Waals surface area contributed by atoms with Gasteiger partial charge in [0.1, 0.15) is 17.3 Å².